The first-order valence-electron chi connectivity index (χ1n) is 6.64. The number of thiol groups is 1. The molecule has 0 saturated carbocycles. The predicted molar refractivity (Wildman–Crippen MR) is 95.2 cm³/mol. The summed E-state index contributed by atoms with van der Waals surface area (Å²) >= 11 is 10.8. The Morgan fingerprint density at radius 2 is 1.95 bits per heavy atom. The normalized spacial score (nSPS) is 12.6. The predicted octanol–water partition coefficient (Wildman–Crippen LogP) is 5.42. The Bertz CT molecular complexity index is 703. The topological polar surface area (TPSA) is 25.2 Å². The first-order valence-corrected chi connectivity index (χ1v) is 7.47. The summed E-state index contributed by atoms with van der Waals surface area (Å²) in [5.74, 6) is 0. The second kappa shape index (κ2) is 6.92. The van der Waals surface area contributed by atoms with Crippen LogP contribution in [0.4, 0.5) is 0 Å². The highest BCUT2D eigenvalue weighted by atomic mass is 35.5. The average molecular weight is 317 g/mol. The minimum absolute atomic E-state index is 0.486. The van der Waals surface area contributed by atoms with E-state index in [4.69, 9.17) is 11.6 Å². The number of allylic oxidation sites excluding steroid dienone is 1. The fraction of sp³-hybridized carbons (Fsp3) is 0.176. The molecule has 0 aliphatic carbocycles. The van der Waals surface area contributed by atoms with Gasteiger partial charge in [0.05, 0.1) is 5.70 Å². The van der Waals surface area contributed by atoms with Gasteiger partial charge in [-0.1, -0.05) is 41.4 Å². The molecule has 0 bridgehead atoms. The Hall–Kier alpha value is -1.58. The van der Waals surface area contributed by atoms with Gasteiger partial charge in [-0.2, -0.15) is 0 Å². The van der Waals surface area contributed by atoms with Crippen LogP contribution in [0.1, 0.15) is 25.0 Å². The number of rotatable bonds is 3. The van der Waals surface area contributed by atoms with Crippen molar-refractivity contribution in [2.75, 3.05) is 0 Å². The van der Waals surface area contributed by atoms with Crippen LogP contribution in [0.3, 0.4) is 0 Å². The van der Waals surface area contributed by atoms with E-state index in [-0.39, 0.29) is 0 Å². The minimum atomic E-state index is 0.486. The quantitative estimate of drug-likeness (QED) is 0.456. The highest BCUT2D eigenvalue weighted by molar-refractivity contribution is 7.90. The van der Waals surface area contributed by atoms with Crippen LogP contribution in [0.2, 0.25) is 5.15 Å². The van der Waals surface area contributed by atoms with Crippen LogP contribution in [0, 0.1) is 6.92 Å². The Labute approximate surface area is 136 Å². The van der Waals surface area contributed by atoms with Gasteiger partial charge in [-0.15, -0.1) is 12.6 Å². The average Bonchev–Trinajstić information content (AvgIpc) is 2.48. The van der Waals surface area contributed by atoms with Gasteiger partial charge in [0.2, 0.25) is 0 Å². The lowest BCUT2D eigenvalue weighted by Crippen LogP contribution is -1.89. The molecule has 2 rings (SSSR count). The fourth-order valence-corrected chi connectivity index (χ4v) is 2.37. The van der Waals surface area contributed by atoms with Crippen LogP contribution in [0.25, 0.3) is 16.0 Å². The second-order valence-corrected chi connectivity index (χ2v) is 5.55. The lowest BCUT2D eigenvalue weighted by Gasteiger charge is -2.09. The molecular weight excluding hydrogens is 300 g/mol. The molecule has 0 radical (unpaired) electrons. The number of aromatic nitrogens is 1. The molecule has 0 N–H and O–H groups in total. The molecule has 1 aromatic heterocycles. The molecule has 108 valence electrons. The van der Waals surface area contributed by atoms with E-state index in [0.717, 1.165) is 27.3 Å². The van der Waals surface area contributed by atoms with Gasteiger partial charge in [-0.3, -0.25) is 4.99 Å². The van der Waals surface area contributed by atoms with Crippen molar-refractivity contribution in [2.24, 2.45) is 4.99 Å². The largest absolute Gasteiger partial charge is 0.265 e. The maximum absolute atomic E-state index is 6.23. The molecule has 2 aromatic rings. The summed E-state index contributed by atoms with van der Waals surface area (Å²) in [4.78, 5) is 9.32. The standard InChI is InChI=1S/C17H17ClN2S/c1-4-19-12(3)16(21)14-9-15(17(18)20-10-14)13-7-5-11(2)6-8-13/h4-10,21H,1-3H3/b16-12-,19-4?. The molecule has 0 amide bonds. The van der Waals surface area contributed by atoms with Crippen LogP contribution in [0.5, 0.6) is 0 Å². The van der Waals surface area contributed by atoms with Gasteiger partial charge < -0.3 is 0 Å². The molecule has 0 fully saturated rings. The Morgan fingerprint density at radius 3 is 2.57 bits per heavy atom. The molecular formula is C17H17ClN2S. The van der Waals surface area contributed by atoms with Crippen molar-refractivity contribution in [2.45, 2.75) is 20.8 Å². The van der Waals surface area contributed by atoms with Crippen molar-refractivity contribution >= 4 is 35.3 Å². The van der Waals surface area contributed by atoms with E-state index in [1.165, 1.54) is 5.56 Å². The summed E-state index contributed by atoms with van der Waals surface area (Å²) < 4.78 is 0. The van der Waals surface area contributed by atoms with Crippen LogP contribution in [-0.4, -0.2) is 11.2 Å². The van der Waals surface area contributed by atoms with Crippen molar-refractivity contribution in [3.8, 4) is 11.1 Å². The van der Waals surface area contributed by atoms with Gasteiger partial charge in [0.1, 0.15) is 5.15 Å². The third-order valence-electron chi connectivity index (χ3n) is 3.14. The van der Waals surface area contributed by atoms with Crippen molar-refractivity contribution in [3.05, 3.63) is 58.5 Å². The summed E-state index contributed by atoms with van der Waals surface area (Å²) in [6.07, 6.45) is 3.47. The molecule has 2 nitrogen and oxygen atoms in total. The number of hydrogen-bond acceptors (Lipinski definition) is 3. The molecule has 0 atom stereocenters. The fourth-order valence-electron chi connectivity index (χ4n) is 1.98. The number of hydrogen-bond donors (Lipinski definition) is 1. The lowest BCUT2D eigenvalue weighted by atomic mass is 10.0. The van der Waals surface area contributed by atoms with E-state index in [2.05, 4.69) is 41.7 Å². The molecule has 0 aliphatic heterocycles. The van der Waals surface area contributed by atoms with Crippen molar-refractivity contribution < 1.29 is 0 Å². The highest BCUT2D eigenvalue weighted by Gasteiger charge is 2.09. The molecule has 0 spiro atoms. The number of halogens is 1. The lowest BCUT2D eigenvalue weighted by molar-refractivity contribution is 1.29. The maximum atomic E-state index is 6.23. The Balaban J connectivity index is 2.52. The molecule has 0 aliphatic rings. The summed E-state index contributed by atoms with van der Waals surface area (Å²) in [7, 11) is 0. The highest BCUT2D eigenvalue weighted by Crippen LogP contribution is 2.31. The monoisotopic (exact) mass is 316 g/mol. The van der Waals surface area contributed by atoms with Crippen molar-refractivity contribution in [1.82, 2.24) is 4.98 Å². The van der Waals surface area contributed by atoms with Gasteiger partial charge in [0.25, 0.3) is 0 Å². The smallest absolute Gasteiger partial charge is 0.136 e. The van der Waals surface area contributed by atoms with Crippen LogP contribution < -0.4 is 0 Å². The molecule has 4 heteroatoms. The van der Waals surface area contributed by atoms with Gasteiger partial charge >= 0.3 is 0 Å². The number of aliphatic imine (C=N–C) groups is 1. The van der Waals surface area contributed by atoms with Crippen LogP contribution in [-0.2, 0) is 0 Å². The van der Waals surface area contributed by atoms with E-state index < -0.39 is 0 Å². The Kier molecular flexibility index (Phi) is 5.21. The third kappa shape index (κ3) is 3.74. The van der Waals surface area contributed by atoms with Gasteiger partial charge in [-0.25, -0.2) is 4.98 Å². The van der Waals surface area contributed by atoms with E-state index >= 15 is 0 Å². The Morgan fingerprint density at radius 1 is 1.29 bits per heavy atom. The number of benzene rings is 1. The van der Waals surface area contributed by atoms with Gasteiger partial charge in [0, 0.05) is 28.4 Å². The second-order valence-electron chi connectivity index (χ2n) is 4.75. The van der Waals surface area contributed by atoms with Crippen molar-refractivity contribution in [1.29, 1.82) is 0 Å². The molecule has 1 heterocycles. The molecule has 0 saturated heterocycles. The summed E-state index contributed by atoms with van der Waals surface area (Å²) in [5.41, 5.74) is 4.90. The zero-order valence-corrected chi connectivity index (χ0v) is 13.9. The minimum Gasteiger partial charge on any atom is -0.265 e. The number of nitrogens with zero attached hydrogens (tertiary/aromatic N) is 2. The van der Waals surface area contributed by atoms with E-state index in [1.54, 1.807) is 12.4 Å². The van der Waals surface area contributed by atoms with Crippen LogP contribution >= 0.6 is 24.2 Å². The van der Waals surface area contributed by atoms with E-state index in [0.29, 0.717) is 5.15 Å². The van der Waals surface area contributed by atoms with Gasteiger partial charge in [-0.05, 0) is 32.4 Å². The van der Waals surface area contributed by atoms with E-state index in [9.17, 15) is 0 Å². The number of aryl methyl sites for hydroxylation is 1. The first kappa shape index (κ1) is 15.8. The molecule has 1 aromatic carbocycles. The third-order valence-corrected chi connectivity index (χ3v) is 4.02. The summed E-state index contributed by atoms with van der Waals surface area (Å²) in [6, 6.07) is 10.2. The number of pyridine rings is 1. The maximum Gasteiger partial charge on any atom is 0.136 e. The summed E-state index contributed by atoms with van der Waals surface area (Å²) in [5, 5.41) is 0.486. The van der Waals surface area contributed by atoms with Crippen molar-refractivity contribution in [3.63, 3.8) is 0 Å². The van der Waals surface area contributed by atoms with Gasteiger partial charge in [0.15, 0.2) is 0 Å². The zero-order chi connectivity index (χ0) is 15.4. The SMILES string of the molecule is CC=N/C(C)=C(\S)c1cnc(Cl)c(-c2ccc(C)cc2)c1. The van der Waals surface area contributed by atoms with Crippen LogP contribution in [0.15, 0.2) is 47.2 Å². The molecule has 0 unspecified atom stereocenters. The summed E-state index contributed by atoms with van der Waals surface area (Å²) in [6.45, 7) is 5.85. The van der Waals surface area contributed by atoms with E-state index in [1.807, 2.05) is 32.0 Å². The zero-order valence-electron chi connectivity index (χ0n) is 12.3. The first-order chi connectivity index (χ1) is 10.0. The molecule has 21 heavy (non-hydrogen) atoms.